The van der Waals surface area contributed by atoms with Crippen LogP contribution in [0.3, 0.4) is 0 Å². The largest absolute Gasteiger partial charge is 0.480 e. The van der Waals surface area contributed by atoms with E-state index in [4.69, 9.17) is 28.0 Å². The molecule has 9 heteroatoms. The first-order valence-corrected chi connectivity index (χ1v) is 5.92. The van der Waals surface area contributed by atoms with E-state index >= 15 is 0 Å². The molecule has 19 heavy (non-hydrogen) atoms. The van der Waals surface area contributed by atoms with Gasteiger partial charge in [0.15, 0.2) is 5.96 Å². The Bertz CT molecular complexity index is 329. The molecule has 0 aliphatic heterocycles. The third kappa shape index (κ3) is 7.95. The number of hydrogen-bond donors (Lipinski definition) is 6. The van der Waals surface area contributed by atoms with Gasteiger partial charge >= 0.3 is 5.97 Å². The summed E-state index contributed by atoms with van der Waals surface area (Å²) in [4.78, 5) is 26.3. The standard InChI is InChI=1S/C10H22N6O3/c11-4-3-6(12)8(17)16-7(9(18)19)2-1-5-15-10(13)14/h6-7H,1-5,11-12H2,(H,16,17)(H,18,19)(H4,13,14,15)/t6-,7+/m1/s1. The molecule has 110 valence electrons. The summed E-state index contributed by atoms with van der Waals surface area (Å²) in [6, 6.07) is -1.81. The highest BCUT2D eigenvalue weighted by molar-refractivity contribution is 5.86. The van der Waals surface area contributed by atoms with Gasteiger partial charge in [0.1, 0.15) is 6.04 Å². The molecule has 1 amide bonds. The molecule has 9 nitrogen and oxygen atoms in total. The molecule has 0 aliphatic carbocycles. The number of carboxylic acid groups (broad SMARTS) is 1. The van der Waals surface area contributed by atoms with Crippen molar-refractivity contribution in [3.05, 3.63) is 0 Å². The number of aliphatic imine (C=N–C) groups is 1. The van der Waals surface area contributed by atoms with Crippen molar-refractivity contribution < 1.29 is 14.7 Å². The van der Waals surface area contributed by atoms with Crippen LogP contribution >= 0.6 is 0 Å². The highest BCUT2D eigenvalue weighted by Gasteiger charge is 2.22. The Morgan fingerprint density at radius 2 is 1.89 bits per heavy atom. The maximum atomic E-state index is 11.6. The lowest BCUT2D eigenvalue weighted by molar-refractivity contribution is -0.142. The Kier molecular flexibility index (Phi) is 8.22. The Labute approximate surface area is 111 Å². The van der Waals surface area contributed by atoms with Crippen LogP contribution in [-0.2, 0) is 9.59 Å². The molecule has 0 unspecified atom stereocenters. The van der Waals surface area contributed by atoms with E-state index in [1.54, 1.807) is 0 Å². The molecular formula is C10H22N6O3. The lowest BCUT2D eigenvalue weighted by atomic mass is 10.1. The zero-order valence-corrected chi connectivity index (χ0v) is 10.7. The molecule has 10 N–H and O–H groups in total. The number of nitrogens with two attached hydrogens (primary N) is 4. The molecule has 0 saturated heterocycles. The average molecular weight is 274 g/mol. The lowest BCUT2D eigenvalue weighted by Crippen LogP contribution is -2.49. The maximum Gasteiger partial charge on any atom is 0.326 e. The quantitative estimate of drug-likeness (QED) is 0.150. The molecule has 0 aromatic heterocycles. The van der Waals surface area contributed by atoms with Crippen LogP contribution in [0.4, 0.5) is 0 Å². The molecular weight excluding hydrogens is 252 g/mol. The first-order valence-electron chi connectivity index (χ1n) is 5.92. The Morgan fingerprint density at radius 3 is 2.37 bits per heavy atom. The number of hydrogen-bond acceptors (Lipinski definition) is 5. The summed E-state index contributed by atoms with van der Waals surface area (Å²) in [5.74, 6) is -1.71. The Morgan fingerprint density at radius 1 is 1.26 bits per heavy atom. The fourth-order valence-electron chi connectivity index (χ4n) is 1.35. The van der Waals surface area contributed by atoms with Gasteiger partial charge in [-0.2, -0.15) is 0 Å². The van der Waals surface area contributed by atoms with Crippen LogP contribution in [0.2, 0.25) is 0 Å². The van der Waals surface area contributed by atoms with E-state index in [1.165, 1.54) is 0 Å². The number of rotatable bonds is 9. The average Bonchev–Trinajstić information content (AvgIpc) is 2.32. The highest BCUT2D eigenvalue weighted by Crippen LogP contribution is 1.99. The second-order valence-electron chi connectivity index (χ2n) is 4.03. The summed E-state index contributed by atoms with van der Waals surface area (Å²) >= 11 is 0. The summed E-state index contributed by atoms with van der Waals surface area (Å²) in [5.41, 5.74) is 21.1. The van der Waals surface area contributed by atoms with Crippen LogP contribution < -0.4 is 28.3 Å². The van der Waals surface area contributed by atoms with Crippen LogP contribution in [0.5, 0.6) is 0 Å². The molecule has 0 saturated carbocycles. The number of carboxylic acids is 1. The smallest absolute Gasteiger partial charge is 0.326 e. The van der Waals surface area contributed by atoms with Gasteiger partial charge in [-0.1, -0.05) is 0 Å². The van der Waals surface area contributed by atoms with Gasteiger partial charge in [-0.25, -0.2) is 4.79 Å². The first kappa shape index (κ1) is 17.1. The minimum absolute atomic E-state index is 0.0547. The lowest BCUT2D eigenvalue weighted by Gasteiger charge is -2.17. The van der Waals surface area contributed by atoms with E-state index in [2.05, 4.69) is 10.3 Å². The van der Waals surface area contributed by atoms with Gasteiger partial charge in [-0.3, -0.25) is 9.79 Å². The summed E-state index contributed by atoms with van der Waals surface area (Å²) in [7, 11) is 0. The van der Waals surface area contributed by atoms with Crippen molar-refractivity contribution >= 4 is 17.8 Å². The minimum atomic E-state index is -1.13. The van der Waals surface area contributed by atoms with Gasteiger partial charge in [0, 0.05) is 6.54 Å². The molecule has 0 spiro atoms. The molecule has 0 aliphatic rings. The van der Waals surface area contributed by atoms with E-state index < -0.39 is 24.0 Å². The highest BCUT2D eigenvalue weighted by atomic mass is 16.4. The van der Waals surface area contributed by atoms with Gasteiger partial charge in [0.2, 0.25) is 5.91 Å². The van der Waals surface area contributed by atoms with Crippen LogP contribution in [0.15, 0.2) is 4.99 Å². The number of aliphatic carboxylic acids is 1. The molecule has 0 heterocycles. The van der Waals surface area contributed by atoms with Crippen molar-refractivity contribution in [2.75, 3.05) is 13.1 Å². The van der Waals surface area contributed by atoms with Crippen LogP contribution in [0, 0.1) is 0 Å². The fraction of sp³-hybridized carbons (Fsp3) is 0.700. The number of nitrogens with zero attached hydrogens (tertiary/aromatic N) is 1. The third-order valence-electron chi connectivity index (χ3n) is 2.37. The van der Waals surface area contributed by atoms with Crippen molar-refractivity contribution in [2.45, 2.75) is 31.3 Å². The third-order valence-corrected chi connectivity index (χ3v) is 2.37. The Balaban J connectivity index is 4.23. The van der Waals surface area contributed by atoms with E-state index in [1.807, 2.05) is 0 Å². The Hall–Kier alpha value is -1.87. The van der Waals surface area contributed by atoms with Crippen molar-refractivity contribution in [3.8, 4) is 0 Å². The topological polar surface area (TPSA) is 183 Å². The minimum Gasteiger partial charge on any atom is -0.480 e. The number of amides is 1. The molecule has 0 radical (unpaired) electrons. The first-order chi connectivity index (χ1) is 8.88. The molecule has 2 atom stereocenters. The van der Waals surface area contributed by atoms with Crippen molar-refractivity contribution in [3.63, 3.8) is 0 Å². The van der Waals surface area contributed by atoms with E-state index in [0.29, 0.717) is 19.4 Å². The van der Waals surface area contributed by atoms with E-state index in [9.17, 15) is 9.59 Å². The van der Waals surface area contributed by atoms with Gasteiger partial charge in [0.05, 0.1) is 6.04 Å². The SMILES string of the molecule is NCC[C@@H](N)C(=O)N[C@@H](CCCN=C(N)N)C(=O)O. The van der Waals surface area contributed by atoms with Gasteiger partial charge in [-0.05, 0) is 25.8 Å². The maximum absolute atomic E-state index is 11.6. The van der Waals surface area contributed by atoms with Crippen molar-refractivity contribution in [1.29, 1.82) is 0 Å². The van der Waals surface area contributed by atoms with Crippen LogP contribution in [0.25, 0.3) is 0 Å². The summed E-state index contributed by atoms with van der Waals surface area (Å²) in [5, 5.41) is 11.3. The summed E-state index contributed by atoms with van der Waals surface area (Å²) in [6.45, 7) is 0.563. The normalized spacial score (nSPS) is 13.4. The second-order valence-corrected chi connectivity index (χ2v) is 4.03. The van der Waals surface area contributed by atoms with Crippen LogP contribution in [-0.4, -0.2) is 48.1 Å². The monoisotopic (exact) mass is 274 g/mol. The van der Waals surface area contributed by atoms with Crippen molar-refractivity contribution in [2.24, 2.45) is 27.9 Å². The van der Waals surface area contributed by atoms with E-state index in [-0.39, 0.29) is 18.9 Å². The molecule has 0 rings (SSSR count). The van der Waals surface area contributed by atoms with Gasteiger partial charge in [-0.15, -0.1) is 0 Å². The summed E-state index contributed by atoms with van der Waals surface area (Å²) < 4.78 is 0. The van der Waals surface area contributed by atoms with Crippen molar-refractivity contribution in [1.82, 2.24) is 5.32 Å². The fourth-order valence-corrected chi connectivity index (χ4v) is 1.35. The zero-order chi connectivity index (χ0) is 14.8. The molecule has 0 aromatic carbocycles. The van der Waals surface area contributed by atoms with Crippen LogP contribution in [0.1, 0.15) is 19.3 Å². The number of carbonyl (C=O) groups is 2. The molecule has 0 fully saturated rings. The van der Waals surface area contributed by atoms with Gasteiger partial charge in [0.25, 0.3) is 0 Å². The van der Waals surface area contributed by atoms with Gasteiger partial charge < -0.3 is 33.4 Å². The second kappa shape index (κ2) is 9.11. The number of nitrogens with one attached hydrogen (secondary N) is 1. The van der Waals surface area contributed by atoms with E-state index in [0.717, 1.165) is 0 Å². The molecule has 0 aromatic rings. The predicted octanol–water partition coefficient (Wildman–Crippen LogP) is -2.71. The number of carbonyl (C=O) groups excluding carboxylic acids is 1. The number of guanidine groups is 1. The predicted molar refractivity (Wildman–Crippen MR) is 71.1 cm³/mol. The summed E-state index contributed by atoms with van der Waals surface area (Å²) in [6.07, 6.45) is 0.945. The molecule has 0 bridgehead atoms. The zero-order valence-electron chi connectivity index (χ0n) is 10.7.